The Bertz CT molecular complexity index is 1940. The van der Waals surface area contributed by atoms with E-state index in [0.717, 1.165) is 18.3 Å². The Labute approximate surface area is 266 Å². The number of hydrogen-bond donors (Lipinski definition) is 3. The first-order chi connectivity index (χ1) is 20.8. The first kappa shape index (κ1) is 30.9. The van der Waals surface area contributed by atoms with Gasteiger partial charge in [0.15, 0.2) is 5.60 Å². The van der Waals surface area contributed by atoms with E-state index in [0.29, 0.717) is 63.1 Å². The van der Waals surface area contributed by atoms with E-state index in [1.807, 2.05) is 4.90 Å². The van der Waals surface area contributed by atoms with Crippen LogP contribution in [-0.4, -0.2) is 44.3 Å². The van der Waals surface area contributed by atoms with Crippen molar-refractivity contribution in [1.82, 2.24) is 10.3 Å². The number of anilines is 1. The molecule has 1 saturated heterocycles. The molecule has 5 aromatic rings. The molecule has 2 unspecified atom stereocenters. The Kier molecular flexibility index (Phi) is 8.01. The number of H-pyrrole nitrogens is 1. The Hall–Kier alpha value is -3.06. The standard InChI is InChI=1S/C31H26Cl2F3N3O3S2/c1-30(40,31(34,35)36)18-7-10-20(11-8-18)39-14-13-37-17-24(39)28-27-23(38-29(28)21-16-19(32)9-12-22(21)33)4-2-5-25(27)44(41,42)26-6-3-15-43-26/h2-12,15-16,24,37-38,40H,13-14,17H2,1H3. The highest BCUT2D eigenvalue weighted by atomic mass is 35.5. The molecular weight excluding hydrogens is 654 g/mol. The first-order valence-corrected chi connectivity index (χ1v) is 16.7. The van der Waals surface area contributed by atoms with Crippen LogP contribution in [-0.2, 0) is 15.4 Å². The second-order valence-electron chi connectivity index (χ2n) is 10.7. The van der Waals surface area contributed by atoms with E-state index in [2.05, 4.69) is 10.3 Å². The summed E-state index contributed by atoms with van der Waals surface area (Å²) >= 11 is 14.2. The summed E-state index contributed by atoms with van der Waals surface area (Å²) in [5, 5.41) is 16.6. The quantitative estimate of drug-likeness (QED) is 0.170. The van der Waals surface area contributed by atoms with Gasteiger partial charge in [-0.05, 0) is 66.4 Å². The Morgan fingerprint density at radius 3 is 2.45 bits per heavy atom. The van der Waals surface area contributed by atoms with E-state index in [1.165, 1.54) is 24.3 Å². The van der Waals surface area contributed by atoms with Crippen LogP contribution in [0.25, 0.3) is 22.2 Å². The van der Waals surface area contributed by atoms with E-state index in [4.69, 9.17) is 23.2 Å². The Morgan fingerprint density at radius 1 is 1.02 bits per heavy atom. The fourth-order valence-corrected chi connectivity index (χ4v) is 8.63. The predicted octanol–water partition coefficient (Wildman–Crippen LogP) is 7.96. The van der Waals surface area contributed by atoms with Crippen LogP contribution in [0.1, 0.15) is 24.1 Å². The third-order valence-electron chi connectivity index (χ3n) is 7.96. The second-order valence-corrected chi connectivity index (χ2v) is 14.6. The minimum absolute atomic E-state index is 0.121. The fourth-order valence-electron chi connectivity index (χ4n) is 5.64. The molecule has 1 aliphatic heterocycles. The van der Waals surface area contributed by atoms with Crippen LogP contribution < -0.4 is 10.2 Å². The van der Waals surface area contributed by atoms with Crippen molar-refractivity contribution >= 4 is 61.0 Å². The molecule has 0 amide bonds. The lowest BCUT2D eigenvalue weighted by atomic mass is 9.93. The van der Waals surface area contributed by atoms with Gasteiger partial charge >= 0.3 is 6.18 Å². The van der Waals surface area contributed by atoms with Crippen molar-refractivity contribution < 1.29 is 26.7 Å². The van der Waals surface area contributed by atoms with Crippen LogP contribution in [0.2, 0.25) is 10.0 Å². The summed E-state index contributed by atoms with van der Waals surface area (Å²) in [4.78, 5) is 5.54. The number of nitrogens with zero attached hydrogens (tertiary/aromatic N) is 1. The molecule has 0 saturated carbocycles. The molecule has 3 heterocycles. The molecular formula is C31H26Cl2F3N3O3S2. The van der Waals surface area contributed by atoms with Gasteiger partial charge in [0, 0.05) is 57.4 Å². The molecule has 2 atom stereocenters. The average molecular weight is 681 g/mol. The van der Waals surface area contributed by atoms with Crippen molar-refractivity contribution in [2.75, 3.05) is 24.5 Å². The van der Waals surface area contributed by atoms with E-state index in [-0.39, 0.29) is 14.7 Å². The molecule has 1 aliphatic rings. The van der Waals surface area contributed by atoms with Crippen LogP contribution >= 0.6 is 34.5 Å². The lowest BCUT2D eigenvalue weighted by Crippen LogP contribution is -2.46. The summed E-state index contributed by atoms with van der Waals surface area (Å²) in [5.74, 6) is 0. The SMILES string of the molecule is CC(O)(c1ccc(N2CCNCC2c2c(-c3cc(Cl)ccc3Cl)[nH]c3cccc(S(=O)(=O)c4cccs4)c23)cc1)C(F)(F)F. The minimum Gasteiger partial charge on any atom is -0.376 e. The van der Waals surface area contributed by atoms with Gasteiger partial charge in [0.2, 0.25) is 9.84 Å². The number of rotatable bonds is 6. The van der Waals surface area contributed by atoms with Crippen molar-refractivity contribution in [3.63, 3.8) is 0 Å². The number of aromatic nitrogens is 1. The van der Waals surface area contributed by atoms with E-state index in [1.54, 1.807) is 53.9 Å². The van der Waals surface area contributed by atoms with E-state index < -0.39 is 27.7 Å². The summed E-state index contributed by atoms with van der Waals surface area (Å²) in [7, 11) is -3.92. The number of sulfone groups is 1. The van der Waals surface area contributed by atoms with Crippen LogP contribution in [0.4, 0.5) is 18.9 Å². The monoisotopic (exact) mass is 679 g/mol. The zero-order valence-electron chi connectivity index (χ0n) is 23.1. The highest BCUT2D eigenvalue weighted by molar-refractivity contribution is 7.93. The first-order valence-electron chi connectivity index (χ1n) is 13.6. The van der Waals surface area contributed by atoms with Gasteiger partial charge in [-0.1, -0.05) is 47.5 Å². The molecule has 0 aliphatic carbocycles. The molecule has 0 bridgehead atoms. The zero-order valence-corrected chi connectivity index (χ0v) is 26.3. The predicted molar refractivity (Wildman–Crippen MR) is 169 cm³/mol. The number of benzene rings is 3. The molecule has 6 rings (SSSR count). The van der Waals surface area contributed by atoms with E-state index in [9.17, 15) is 26.7 Å². The number of aliphatic hydroxyl groups is 1. The third-order valence-corrected chi connectivity index (χ3v) is 11.7. The maximum Gasteiger partial charge on any atom is 0.421 e. The van der Waals surface area contributed by atoms with Gasteiger partial charge < -0.3 is 20.3 Å². The maximum atomic E-state index is 14.0. The number of hydrogen-bond acceptors (Lipinski definition) is 6. The Balaban J connectivity index is 1.58. The van der Waals surface area contributed by atoms with Gasteiger partial charge in [0.1, 0.15) is 4.21 Å². The summed E-state index contributed by atoms with van der Waals surface area (Å²) in [6.45, 7) is 2.16. The van der Waals surface area contributed by atoms with Crippen LogP contribution in [0.5, 0.6) is 0 Å². The summed E-state index contributed by atoms with van der Waals surface area (Å²) < 4.78 is 68.8. The van der Waals surface area contributed by atoms with Crippen LogP contribution in [0.3, 0.4) is 0 Å². The van der Waals surface area contributed by atoms with Gasteiger partial charge in [-0.15, -0.1) is 11.3 Å². The van der Waals surface area contributed by atoms with Crippen molar-refractivity contribution in [2.45, 2.75) is 33.8 Å². The van der Waals surface area contributed by atoms with E-state index >= 15 is 0 Å². The van der Waals surface area contributed by atoms with Gasteiger partial charge in [-0.25, -0.2) is 8.42 Å². The number of alkyl halides is 3. The topological polar surface area (TPSA) is 85.4 Å². The molecule has 0 radical (unpaired) electrons. The Morgan fingerprint density at radius 2 is 1.77 bits per heavy atom. The molecule has 1 fully saturated rings. The molecule has 3 aromatic carbocycles. The molecule has 0 spiro atoms. The van der Waals surface area contributed by atoms with Crippen LogP contribution in [0, 0.1) is 0 Å². The largest absolute Gasteiger partial charge is 0.421 e. The van der Waals surface area contributed by atoms with Crippen molar-refractivity contribution in [3.05, 3.63) is 99.3 Å². The minimum atomic E-state index is -4.86. The second kappa shape index (κ2) is 11.4. The van der Waals surface area contributed by atoms with Gasteiger partial charge in [0.25, 0.3) is 0 Å². The molecule has 230 valence electrons. The molecule has 13 heteroatoms. The zero-order chi connectivity index (χ0) is 31.4. The summed E-state index contributed by atoms with van der Waals surface area (Å²) in [5.41, 5.74) is -0.322. The summed E-state index contributed by atoms with van der Waals surface area (Å²) in [6, 6.07) is 18.5. The lowest BCUT2D eigenvalue weighted by molar-refractivity contribution is -0.258. The average Bonchev–Trinajstić information content (AvgIpc) is 3.67. The van der Waals surface area contributed by atoms with Gasteiger partial charge in [-0.3, -0.25) is 0 Å². The number of aromatic amines is 1. The maximum absolute atomic E-state index is 14.0. The van der Waals surface area contributed by atoms with Crippen molar-refractivity contribution in [2.24, 2.45) is 0 Å². The van der Waals surface area contributed by atoms with Crippen molar-refractivity contribution in [1.29, 1.82) is 0 Å². The number of fused-ring (bicyclic) bond motifs is 1. The highest BCUT2D eigenvalue weighted by Crippen LogP contribution is 2.46. The molecule has 6 nitrogen and oxygen atoms in total. The lowest BCUT2D eigenvalue weighted by Gasteiger charge is -2.39. The fraction of sp³-hybridized carbons (Fsp3) is 0.226. The smallest absolute Gasteiger partial charge is 0.376 e. The van der Waals surface area contributed by atoms with Crippen LogP contribution in [0.15, 0.2) is 87.3 Å². The van der Waals surface area contributed by atoms with Gasteiger partial charge in [0.05, 0.1) is 16.6 Å². The normalized spacial score (nSPS) is 17.6. The number of piperazine rings is 1. The molecule has 2 aromatic heterocycles. The third kappa shape index (κ3) is 5.29. The van der Waals surface area contributed by atoms with Gasteiger partial charge in [-0.2, -0.15) is 13.2 Å². The summed E-state index contributed by atoms with van der Waals surface area (Å²) in [6.07, 6.45) is -4.86. The van der Waals surface area contributed by atoms with Crippen molar-refractivity contribution in [3.8, 4) is 11.3 Å². The molecule has 44 heavy (non-hydrogen) atoms. The number of halogens is 5. The molecule has 3 N–H and O–H groups in total. The number of nitrogens with one attached hydrogen (secondary N) is 2. The highest BCUT2D eigenvalue weighted by Gasteiger charge is 2.51. The number of thiophene rings is 1.